The number of aromatic nitrogens is 3. The fraction of sp³-hybridized carbons (Fsp3) is 0.238. The molecule has 31 heavy (non-hydrogen) atoms. The molecular formula is C21H22FN5O4. The second kappa shape index (κ2) is 9.70. The first-order valence-corrected chi connectivity index (χ1v) is 9.28. The lowest BCUT2D eigenvalue weighted by Gasteiger charge is -2.15. The summed E-state index contributed by atoms with van der Waals surface area (Å²) in [5.41, 5.74) is 1.42. The van der Waals surface area contributed by atoms with E-state index >= 15 is 0 Å². The number of nitrogens with zero attached hydrogens (tertiary/aromatic N) is 3. The molecule has 0 saturated heterocycles. The predicted octanol–water partition coefficient (Wildman–Crippen LogP) is 3.27. The van der Waals surface area contributed by atoms with Gasteiger partial charge in [-0.05, 0) is 31.2 Å². The van der Waals surface area contributed by atoms with Gasteiger partial charge in [-0.1, -0.05) is 0 Å². The van der Waals surface area contributed by atoms with Crippen molar-refractivity contribution in [2.75, 3.05) is 26.6 Å². The Bertz CT molecular complexity index is 1020. The monoisotopic (exact) mass is 427 g/mol. The zero-order valence-electron chi connectivity index (χ0n) is 17.5. The van der Waals surface area contributed by atoms with Crippen LogP contribution in [0.5, 0.6) is 17.2 Å². The molecule has 2 aromatic carbocycles. The number of rotatable bonds is 8. The number of halogens is 1. The van der Waals surface area contributed by atoms with E-state index < -0.39 is 11.9 Å². The maximum atomic E-state index is 13.0. The third kappa shape index (κ3) is 5.16. The Hall–Kier alpha value is -3.95. The first-order valence-electron chi connectivity index (χ1n) is 9.28. The average Bonchev–Trinajstić information content (AvgIpc) is 2.79. The summed E-state index contributed by atoms with van der Waals surface area (Å²) in [5.74, 6) is 0.909. The van der Waals surface area contributed by atoms with Gasteiger partial charge in [0.1, 0.15) is 11.5 Å². The Morgan fingerprint density at radius 3 is 2.16 bits per heavy atom. The van der Waals surface area contributed by atoms with Gasteiger partial charge in [-0.2, -0.15) is 0 Å². The molecule has 1 unspecified atom stereocenters. The van der Waals surface area contributed by atoms with Gasteiger partial charge in [0.2, 0.25) is 11.7 Å². The summed E-state index contributed by atoms with van der Waals surface area (Å²) in [6, 6.07) is 8.24. The van der Waals surface area contributed by atoms with Crippen LogP contribution in [0.1, 0.15) is 29.0 Å². The standard InChI is InChI=1S/C21H22FN5O4/c1-12(24-20(28)13-5-7-14(22)8-6-13)16-11-23-21(27-26-16)25-15-9-17(29-2)19(31-4)18(10-15)30-3/h5-12H,1-4H3,(H,24,28)(H,23,25,27). The lowest BCUT2D eigenvalue weighted by atomic mass is 10.2. The van der Waals surface area contributed by atoms with E-state index in [-0.39, 0.29) is 11.9 Å². The normalized spacial score (nSPS) is 11.4. The fourth-order valence-electron chi connectivity index (χ4n) is 2.78. The number of benzene rings is 2. The van der Waals surface area contributed by atoms with Gasteiger partial charge in [-0.15, -0.1) is 10.2 Å². The summed E-state index contributed by atoms with van der Waals surface area (Å²) in [5, 5.41) is 14.0. The summed E-state index contributed by atoms with van der Waals surface area (Å²) in [6.45, 7) is 1.75. The smallest absolute Gasteiger partial charge is 0.251 e. The highest BCUT2D eigenvalue weighted by Gasteiger charge is 2.16. The number of carbonyl (C=O) groups excluding carboxylic acids is 1. The van der Waals surface area contributed by atoms with Crippen molar-refractivity contribution in [1.82, 2.24) is 20.5 Å². The van der Waals surface area contributed by atoms with Crippen molar-refractivity contribution in [3.63, 3.8) is 0 Å². The van der Waals surface area contributed by atoms with E-state index in [9.17, 15) is 9.18 Å². The number of amides is 1. The van der Waals surface area contributed by atoms with E-state index in [1.165, 1.54) is 51.8 Å². The lowest BCUT2D eigenvalue weighted by Crippen LogP contribution is -2.27. The molecule has 3 aromatic rings. The van der Waals surface area contributed by atoms with Crippen LogP contribution in [-0.4, -0.2) is 42.4 Å². The molecule has 1 heterocycles. The molecule has 1 aromatic heterocycles. The molecule has 10 heteroatoms. The van der Waals surface area contributed by atoms with Crippen LogP contribution >= 0.6 is 0 Å². The highest BCUT2D eigenvalue weighted by molar-refractivity contribution is 5.94. The van der Waals surface area contributed by atoms with Crippen molar-refractivity contribution < 1.29 is 23.4 Å². The van der Waals surface area contributed by atoms with E-state index in [0.29, 0.717) is 34.2 Å². The Kier molecular flexibility index (Phi) is 6.81. The largest absolute Gasteiger partial charge is 0.493 e. The summed E-state index contributed by atoms with van der Waals surface area (Å²) < 4.78 is 29.0. The van der Waals surface area contributed by atoms with Gasteiger partial charge in [-0.3, -0.25) is 4.79 Å². The molecule has 0 radical (unpaired) electrons. The van der Waals surface area contributed by atoms with E-state index in [4.69, 9.17) is 14.2 Å². The summed E-state index contributed by atoms with van der Waals surface area (Å²) in [7, 11) is 4.57. The quantitative estimate of drug-likeness (QED) is 0.564. The molecule has 1 amide bonds. The molecule has 0 spiro atoms. The fourth-order valence-corrected chi connectivity index (χ4v) is 2.78. The van der Waals surface area contributed by atoms with Crippen LogP contribution in [0.15, 0.2) is 42.6 Å². The molecule has 2 N–H and O–H groups in total. The first kappa shape index (κ1) is 21.8. The van der Waals surface area contributed by atoms with Gasteiger partial charge in [0.15, 0.2) is 11.5 Å². The summed E-state index contributed by atoms with van der Waals surface area (Å²) in [6.07, 6.45) is 1.50. The van der Waals surface area contributed by atoms with E-state index in [0.717, 1.165) is 0 Å². The second-order valence-electron chi connectivity index (χ2n) is 6.45. The Morgan fingerprint density at radius 1 is 1.00 bits per heavy atom. The van der Waals surface area contributed by atoms with E-state index in [1.54, 1.807) is 19.1 Å². The van der Waals surface area contributed by atoms with Gasteiger partial charge < -0.3 is 24.8 Å². The van der Waals surface area contributed by atoms with Crippen molar-refractivity contribution >= 4 is 17.5 Å². The maximum absolute atomic E-state index is 13.0. The zero-order valence-corrected chi connectivity index (χ0v) is 17.5. The Morgan fingerprint density at radius 2 is 1.65 bits per heavy atom. The minimum absolute atomic E-state index is 0.245. The molecular weight excluding hydrogens is 405 g/mol. The van der Waals surface area contributed by atoms with Crippen LogP contribution in [0, 0.1) is 5.82 Å². The first-order chi connectivity index (χ1) is 14.9. The van der Waals surface area contributed by atoms with Crippen molar-refractivity contribution in [3.8, 4) is 17.2 Å². The number of anilines is 2. The number of ether oxygens (including phenoxy) is 3. The lowest BCUT2D eigenvalue weighted by molar-refractivity contribution is 0.0939. The van der Waals surface area contributed by atoms with E-state index in [1.807, 2.05) is 0 Å². The van der Waals surface area contributed by atoms with E-state index in [2.05, 4.69) is 25.8 Å². The predicted molar refractivity (Wildman–Crippen MR) is 111 cm³/mol. The summed E-state index contributed by atoms with van der Waals surface area (Å²) in [4.78, 5) is 16.5. The minimum atomic E-state index is -0.451. The van der Waals surface area contributed by atoms with Crippen LogP contribution < -0.4 is 24.8 Å². The van der Waals surface area contributed by atoms with Gasteiger partial charge in [-0.25, -0.2) is 9.37 Å². The second-order valence-corrected chi connectivity index (χ2v) is 6.45. The summed E-state index contributed by atoms with van der Waals surface area (Å²) >= 11 is 0. The molecule has 0 saturated carbocycles. The average molecular weight is 427 g/mol. The van der Waals surface area contributed by atoms with Gasteiger partial charge in [0, 0.05) is 23.4 Å². The Balaban J connectivity index is 1.70. The minimum Gasteiger partial charge on any atom is -0.493 e. The van der Waals surface area contributed by atoms with Crippen LogP contribution in [-0.2, 0) is 0 Å². The van der Waals surface area contributed by atoms with Crippen molar-refractivity contribution in [3.05, 3.63) is 59.7 Å². The molecule has 0 bridgehead atoms. The topological polar surface area (TPSA) is 107 Å². The van der Waals surface area contributed by atoms with Crippen molar-refractivity contribution in [1.29, 1.82) is 0 Å². The molecule has 0 aliphatic carbocycles. The molecule has 162 valence electrons. The molecule has 1 atom stereocenters. The van der Waals surface area contributed by atoms with Crippen molar-refractivity contribution in [2.24, 2.45) is 0 Å². The van der Waals surface area contributed by atoms with Gasteiger partial charge >= 0.3 is 0 Å². The highest BCUT2D eigenvalue weighted by Crippen LogP contribution is 2.40. The number of nitrogens with one attached hydrogen (secondary N) is 2. The molecule has 9 nitrogen and oxygen atoms in total. The molecule has 3 rings (SSSR count). The number of hydrogen-bond donors (Lipinski definition) is 2. The molecule has 0 aliphatic heterocycles. The van der Waals surface area contributed by atoms with Crippen LogP contribution in [0.25, 0.3) is 0 Å². The third-order valence-electron chi connectivity index (χ3n) is 4.40. The molecule has 0 aliphatic rings. The van der Waals surface area contributed by atoms with Crippen LogP contribution in [0.3, 0.4) is 0 Å². The van der Waals surface area contributed by atoms with Crippen LogP contribution in [0.2, 0.25) is 0 Å². The molecule has 0 fully saturated rings. The SMILES string of the molecule is COc1cc(Nc2ncc(C(C)NC(=O)c3ccc(F)cc3)nn2)cc(OC)c1OC. The van der Waals surface area contributed by atoms with Gasteiger partial charge in [0.05, 0.1) is 33.6 Å². The van der Waals surface area contributed by atoms with Crippen LogP contribution in [0.4, 0.5) is 16.0 Å². The van der Waals surface area contributed by atoms with Crippen molar-refractivity contribution in [2.45, 2.75) is 13.0 Å². The maximum Gasteiger partial charge on any atom is 0.251 e. The highest BCUT2D eigenvalue weighted by atomic mass is 19.1. The van der Waals surface area contributed by atoms with Gasteiger partial charge in [0.25, 0.3) is 5.91 Å². The number of carbonyl (C=O) groups is 1. The third-order valence-corrected chi connectivity index (χ3v) is 4.40. The zero-order chi connectivity index (χ0) is 22.4. The Labute approximate surface area is 178 Å². The number of hydrogen-bond acceptors (Lipinski definition) is 8. The number of methoxy groups -OCH3 is 3.